The lowest BCUT2D eigenvalue weighted by Crippen LogP contribution is -2.39. The van der Waals surface area contributed by atoms with Crippen LogP contribution in [0.1, 0.15) is 73.9 Å². The van der Waals surface area contributed by atoms with Crippen LogP contribution in [-0.2, 0) is 4.74 Å². The summed E-state index contributed by atoms with van der Waals surface area (Å²) in [6, 6.07) is -0.0358. The Balaban J connectivity index is 0.00000625. The molecule has 0 saturated heterocycles. The van der Waals surface area contributed by atoms with E-state index in [0.29, 0.717) is 23.1 Å². The summed E-state index contributed by atoms with van der Waals surface area (Å²) in [6.45, 7) is 14.1. The van der Waals surface area contributed by atoms with Crippen LogP contribution in [0.15, 0.2) is 4.99 Å². The standard InChI is InChI=1S/C18H32N4O2S.HI/c1-7-14(8-2)11-20-18(19-9-3)22-13(6)16-21-12(5)15(25-16)17(23)24-10-4;/h13-14H,7-11H2,1-6H3,(H2,19,20,22);1H. The molecule has 0 fully saturated rings. The number of carbonyl (C=O) groups excluding carboxylic acids is 1. The van der Waals surface area contributed by atoms with Crippen molar-refractivity contribution in [1.29, 1.82) is 0 Å². The van der Waals surface area contributed by atoms with Gasteiger partial charge in [-0.25, -0.2) is 9.78 Å². The van der Waals surface area contributed by atoms with E-state index in [-0.39, 0.29) is 36.0 Å². The summed E-state index contributed by atoms with van der Waals surface area (Å²) in [4.78, 5) is 21.8. The summed E-state index contributed by atoms with van der Waals surface area (Å²) in [7, 11) is 0. The minimum absolute atomic E-state index is 0. The molecule has 0 bridgehead atoms. The fourth-order valence-electron chi connectivity index (χ4n) is 2.34. The highest BCUT2D eigenvalue weighted by molar-refractivity contribution is 14.0. The van der Waals surface area contributed by atoms with E-state index in [9.17, 15) is 4.79 Å². The Kier molecular flexibility index (Phi) is 12.8. The number of hydrogen-bond donors (Lipinski definition) is 2. The fraction of sp³-hybridized carbons (Fsp3) is 0.722. The highest BCUT2D eigenvalue weighted by Gasteiger charge is 2.20. The van der Waals surface area contributed by atoms with Gasteiger partial charge in [0.25, 0.3) is 0 Å². The van der Waals surface area contributed by atoms with Crippen molar-refractivity contribution in [2.45, 2.75) is 60.4 Å². The molecule has 6 nitrogen and oxygen atoms in total. The molecule has 26 heavy (non-hydrogen) atoms. The molecule has 1 aromatic rings. The zero-order valence-electron chi connectivity index (χ0n) is 16.7. The van der Waals surface area contributed by atoms with Gasteiger partial charge in [0.05, 0.1) is 18.3 Å². The SMILES string of the molecule is CCNC(=NCC(CC)CC)NC(C)c1nc(C)c(C(=O)OCC)s1.I. The fourth-order valence-corrected chi connectivity index (χ4v) is 3.31. The quantitative estimate of drug-likeness (QED) is 0.231. The molecule has 150 valence electrons. The van der Waals surface area contributed by atoms with Crippen LogP contribution < -0.4 is 10.6 Å². The summed E-state index contributed by atoms with van der Waals surface area (Å²) in [5.74, 6) is 1.08. The average Bonchev–Trinajstić information content (AvgIpc) is 2.98. The number of hydrogen-bond acceptors (Lipinski definition) is 5. The van der Waals surface area contributed by atoms with E-state index in [0.717, 1.165) is 36.9 Å². The van der Waals surface area contributed by atoms with Crippen molar-refractivity contribution < 1.29 is 9.53 Å². The van der Waals surface area contributed by atoms with Crippen LogP contribution in [0, 0.1) is 12.8 Å². The second-order valence-corrected chi connectivity index (χ2v) is 6.99. The zero-order valence-corrected chi connectivity index (χ0v) is 19.9. The number of aliphatic imine (C=N–C) groups is 1. The molecule has 0 aromatic carbocycles. The number of rotatable bonds is 9. The van der Waals surface area contributed by atoms with Crippen molar-refractivity contribution in [2.24, 2.45) is 10.9 Å². The molecule has 1 heterocycles. The minimum Gasteiger partial charge on any atom is -0.462 e. The number of halogens is 1. The van der Waals surface area contributed by atoms with Crippen LogP contribution in [0.2, 0.25) is 0 Å². The number of nitrogens with zero attached hydrogens (tertiary/aromatic N) is 2. The highest BCUT2D eigenvalue weighted by Crippen LogP contribution is 2.24. The van der Waals surface area contributed by atoms with Crippen LogP contribution in [0.3, 0.4) is 0 Å². The third kappa shape index (κ3) is 7.77. The van der Waals surface area contributed by atoms with Gasteiger partial charge in [-0.3, -0.25) is 4.99 Å². The van der Waals surface area contributed by atoms with Crippen LogP contribution in [0.5, 0.6) is 0 Å². The highest BCUT2D eigenvalue weighted by atomic mass is 127. The molecule has 1 unspecified atom stereocenters. The van der Waals surface area contributed by atoms with Crippen molar-refractivity contribution in [1.82, 2.24) is 15.6 Å². The predicted molar refractivity (Wildman–Crippen MR) is 120 cm³/mol. The summed E-state index contributed by atoms with van der Waals surface area (Å²) in [5.41, 5.74) is 0.714. The van der Waals surface area contributed by atoms with Gasteiger partial charge in [0.2, 0.25) is 0 Å². The Hall–Kier alpha value is -0.900. The second-order valence-electron chi connectivity index (χ2n) is 5.96. The molecule has 2 N–H and O–H groups in total. The summed E-state index contributed by atoms with van der Waals surface area (Å²) < 4.78 is 5.09. The molecule has 1 rings (SSSR count). The largest absolute Gasteiger partial charge is 0.462 e. The molecule has 0 saturated carbocycles. The number of carbonyl (C=O) groups is 1. The maximum Gasteiger partial charge on any atom is 0.350 e. The molecule has 0 amide bonds. The first kappa shape index (κ1) is 25.1. The number of thiazole rings is 1. The van der Waals surface area contributed by atoms with E-state index in [1.54, 1.807) is 6.92 Å². The number of aromatic nitrogens is 1. The van der Waals surface area contributed by atoms with Gasteiger partial charge < -0.3 is 15.4 Å². The first-order chi connectivity index (χ1) is 12.0. The van der Waals surface area contributed by atoms with Crippen molar-refractivity contribution in [3.05, 3.63) is 15.6 Å². The van der Waals surface area contributed by atoms with E-state index < -0.39 is 0 Å². The lowest BCUT2D eigenvalue weighted by Gasteiger charge is -2.17. The first-order valence-corrected chi connectivity index (χ1v) is 9.97. The molecular weight excluding hydrogens is 463 g/mol. The van der Waals surface area contributed by atoms with Crippen molar-refractivity contribution >= 4 is 47.2 Å². The normalized spacial score (nSPS) is 12.5. The Bertz CT molecular complexity index is 574. The van der Waals surface area contributed by atoms with Crippen molar-refractivity contribution in [3.8, 4) is 0 Å². The number of guanidine groups is 1. The van der Waals surface area contributed by atoms with E-state index >= 15 is 0 Å². The summed E-state index contributed by atoms with van der Waals surface area (Å²) in [6.07, 6.45) is 2.26. The predicted octanol–water partition coefficient (Wildman–Crippen LogP) is 4.30. The molecular formula is C18H33IN4O2S. The zero-order chi connectivity index (χ0) is 18.8. The van der Waals surface area contributed by atoms with Gasteiger partial charge in [-0.2, -0.15) is 0 Å². The average molecular weight is 496 g/mol. The molecule has 1 aromatic heterocycles. The maximum atomic E-state index is 12.0. The third-order valence-corrected chi connectivity index (χ3v) is 5.32. The Morgan fingerprint density at radius 3 is 2.46 bits per heavy atom. The Labute approximate surface area is 178 Å². The topological polar surface area (TPSA) is 75.6 Å². The molecule has 0 aliphatic heterocycles. The van der Waals surface area contributed by atoms with Gasteiger partial charge in [0.1, 0.15) is 9.88 Å². The first-order valence-electron chi connectivity index (χ1n) is 9.15. The van der Waals surface area contributed by atoms with Gasteiger partial charge in [0.15, 0.2) is 5.96 Å². The summed E-state index contributed by atoms with van der Waals surface area (Å²) in [5, 5.41) is 7.51. The number of aryl methyl sites for hydroxylation is 1. The molecule has 1 atom stereocenters. The Morgan fingerprint density at radius 1 is 1.27 bits per heavy atom. The van der Waals surface area contributed by atoms with Gasteiger partial charge in [-0.15, -0.1) is 35.3 Å². The van der Waals surface area contributed by atoms with Crippen LogP contribution >= 0.6 is 35.3 Å². The maximum absolute atomic E-state index is 12.0. The van der Waals surface area contributed by atoms with Crippen LogP contribution in [0.25, 0.3) is 0 Å². The summed E-state index contributed by atoms with van der Waals surface area (Å²) >= 11 is 1.38. The van der Waals surface area contributed by atoms with E-state index in [2.05, 4.69) is 29.5 Å². The smallest absolute Gasteiger partial charge is 0.350 e. The molecule has 0 radical (unpaired) electrons. The van der Waals surface area contributed by atoms with Gasteiger partial charge in [0, 0.05) is 13.1 Å². The third-order valence-electron chi connectivity index (χ3n) is 4.00. The minimum atomic E-state index is -0.301. The van der Waals surface area contributed by atoms with Gasteiger partial charge >= 0.3 is 5.97 Å². The second kappa shape index (κ2) is 13.3. The monoisotopic (exact) mass is 496 g/mol. The molecule has 8 heteroatoms. The van der Waals surface area contributed by atoms with Crippen molar-refractivity contribution in [3.63, 3.8) is 0 Å². The molecule has 0 spiro atoms. The molecule has 0 aliphatic rings. The van der Waals surface area contributed by atoms with Gasteiger partial charge in [-0.05, 0) is 33.6 Å². The van der Waals surface area contributed by atoms with E-state index in [1.165, 1.54) is 11.3 Å². The van der Waals surface area contributed by atoms with E-state index in [4.69, 9.17) is 9.73 Å². The number of ether oxygens (including phenoxy) is 1. The van der Waals surface area contributed by atoms with Gasteiger partial charge in [-0.1, -0.05) is 26.7 Å². The van der Waals surface area contributed by atoms with Crippen LogP contribution in [0.4, 0.5) is 0 Å². The van der Waals surface area contributed by atoms with E-state index in [1.807, 2.05) is 20.8 Å². The molecule has 0 aliphatic carbocycles. The number of esters is 1. The van der Waals surface area contributed by atoms with Crippen molar-refractivity contribution in [2.75, 3.05) is 19.7 Å². The number of nitrogens with one attached hydrogen (secondary N) is 2. The Morgan fingerprint density at radius 2 is 1.92 bits per heavy atom. The van der Waals surface area contributed by atoms with Crippen LogP contribution in [-0.4, -0.2) is 36.6 Å². The lowest BCUT2D eigenvalue weighted by molar-refractivity contribution is 0.0531. The lowest BCUT2D eigenvalue weighted by atomic mass is 10.0.